The zero-order valence-corrected chi connectivity index (χ0v) is 13.7. The van der Waals surface area contributed by atoms with E-state index in [1.165, 1.54) is 6.07 Å². The lowest BCUT2D eigenvalue weighted by atomic mass is 10.0. The minimum Gasteiger partial charge on any atom is -0.444 e. The summed E-state index contributed by atoms with van der Waals surface area (Å²) in [5, 5.41) is 32.9. The maximum atomic E-state index is 14.0. The Bertz CT molecular complexity index is 602. The highest BCUT2D eigenvalue weighted by Gasteiger charge is 2.26. The number of hydrogen-bond donors (Lipinski definition) is 3. The van der Waals surface area contributed by atoms with Crippen molar-refractivity contribution in [2.45, 2.75) is 45.0 Å². The smallest absolute Gasteiger partial charge is 0.407 e. The number of rotatable bonds is 6. The fourth-order valence-corrected chi connectivity index (χ4v) is 1.91. The fourth-order valence-electron chi connectivity index (χ4n) is 1.91. The van der Waals surface area contributed by atoms with Gasteiger partial charge in [-0.1, -0.05) is 12.1 Å². The van der Waals surface area contributed by atoms with Crippen molar-refractivity contribution in [2.24, 2.45) is 0 Å². The predicted molar refractivity (Wildman–Crippen MR) is 82.9 cm³/mol. The Morgan fingerprint density at radius 3 is 2.58 bits per heavy atom. The molecule has 0 bridgehead atoms. The molecular formula is C15H21FN2O6. The molecule has 9 heteroatoms. The van der Waals surface area contributed by atoms with E-state index in [-0.39, 0.29) is 18.5 Å². The van der Waals surface area contributed by atoms with E-state index in [1.54, 1.807) is 20.8 Å². The van der Waals surface area contributed by atoms with Gasteiger partial charge in [0.15, 0.2) is 0 Å². The van der Waals surface area contributed by atoms with E-state index in [4.69, 9.17) is 4.74 Å². The third kappa shape index (κ3) is 5.74. The first-order valence-electron chi connectivity index (χ1n) is 7.28. The second-order valence-electron chi connectivity index (χ2n) is 6.17. The number of nitrogens with one attached hydrogen (secondary N) is 1. The summed E-state index contributed by atoms with van der Waals surface area (Å²) in [4.78, 5) is 21.2. The van der Waals surface area contributed by atoms with E-state index < -0.39 is 40.3 Å². The van der Waals surface area contributed by atoms with E-state index in [2.05, 4.69) is 5.32 Å². The first kappa shape index (κ1) is 19.8. The van der Waals surface area contributed by atoms with Crippen molar-refractivity contribution in [2.75, 3.05) is 6.54 Å². The van der Waals surface area contributed by atoms with Crippen LogP contribution in [0.15, 0.2) is 18.2 Å². The summed E-state index contributed by atoms with van der Waals surface area (Å²) in [6, 6.07) is 3.32. The molecule has 0 spiro atoms. The second-order valence-corrected chi connectivity index (χ2v) is 6.17. The van der Waals surface area contributed by atoms with Gasteiger partial charge >= 0.3 is 11.8 Å². The van der Waals surface area contributed by atoms with Crippen LogP contribution in [0, 0.1) is 15.9 Å². The maximum Gasteiger partial charge on any atom is 0.407 e. The minimum absolute atomic E-state index is 0.0241. The molecule has 1 amide bonds. The molecule has 0 fully saturated rings. The van der Waals surface area contributed by atoms with Gasteiger partial charge < -0.3 is 20.3 Å². The number of nitrogens with zero attached hydrogens (tertiary/aromatic N) is 1. The molecule has 134 valence electrons. The number of nitro benzene ring substituents is 1. The molecule has 0 saturated heterocycles. The van der Waals surface area contributed by atoms with Crippen molar-refractivity contribution in [1.29, 1.82) is 0 Å². The predicted octanol–water partition coefficient (Wildman–Crippen LogP) is 2.04. The molecule has 0 aromatic heterocycles. The number of nitro groups is 1. The van der Waals surface area contributed by atoms with E-state index in [9.17, 15) is 29.5 Å². The Morgan fingerprint density at radius 2 is 2.04 bits per heavy atom. The number of benzene rings is 1. The lowest BCUT2D eigenvalue weighted by molar-refractivity contribution is -0.387. The van der Waals surface area contributed by atoms with Crippen LogP contribution in [0.5, 0.6) is 0 Å². The van der Waals surface area contributed by atoms with E-state index in [0.29, 0.717) is 0 Å². The molecule has 2 atom stereocenters. The number of aliphatic hydroxyl groups is 2. The average Bonchev–Trinajstić information content (AvgIpc) is 2.44. The van der Waals surface area contributed by atoms with E-state index >= 15 is 0 Å². The van der Waals surface area contributed by atoms with Crippen molar-refractivity contribution in [3.63, 3.8) is 0 Å². The van der Waals surface area contributed by atoms with Gasteiger partial charge in [-0.2, -0.15) is 4.39 Å². The quantitative estimate of drug-likeness (QED) is 0.536. The Balaban J connectivity index is 2.63. The molecule has 1 aromatic carbocycles. The van der Waals surface area contributed by atoms with Crippen LogP contribution < -0.4 is 5.32 Å². The standard InChI is InChI=1S/C15H21FN2O6/c1-15(2,3)24-14(21)17-8-7-11(19)13(20)9-5-4-6-10(12(9)16)18(22)23/h4-6,11,13,19-20H,7-8H2,1-3H3,(H,17,21). The molecular weight excluding hydrogens is 323 g/mol. The molecule has 3 N–H and O–H groups in total. The summed E-state index contributed by atoms with van der Waals surface area (Å²) in [5.41, 5.74) is -1.84. The van der Waals surface area contributed by atoms with Crippen molar-refractivity contribution in [3.8, 4) is 0 Å². The molecule has 0 heterocycles. The average molecular weight is 344 g/mol. The van der Waals surface area contributed by atoms with Gasteiger partial charge in [-0.05, 0) is 27.2 Å². The third-order valence-electron chi connectivity index (χ3n) is 3.00. The molecule has 8 nitrogen and oxygen atoms in total. The Morgan fingerprint density at radius 1 is 1.42 bits per heavy atom. The first-order valence-corrected chi connectivity index (χ1v) is 7.28. The normalized spacial score (nSPS) is 13.9. The number of ether oxygens (including phenoxy) is 1. The van der Waals surface area contributed by atoms with Crippen LogP contribution in [0.3, 0.4) is 0 Å². The molecule has 0 aliphatic heterocycles. The largest absolute Gasteiger partial charge is 0.444 e. The van der Waals surface area contributed by atoms with E-state index in [1.807, 2.05) is 0 Å². The van der Waals surface area contributed by atoms with Gasteiger partial charge in [-0.15, -0.1) is 0 Å². The van der Waals surface area contributed by atoms with Gasteiger partial charge in [0.05, 0.1) is 11.0 Å². The van der Waals surface area contributed by atoms with Crippen molar-refractivity contribution < 1.29 is 29.1 Å². The monoisotopic (exact) mass is 344 g/mol. The number of carbonyl (C=O) groups excluding carboxylic acids is 1. The molecule has 1 rings (SSSR count). The van der Waals surface area contributed by atoms with Crippen molar-refractivity contribution in [3.05, 3.63) is 39.7 Å². The maximum absolute atomic E-state index is 14.0. The van der Waals surface area contributed by atoms with Crippen LogP contribution in [0.2, 0.25) is 0 Å². The minimum atomic E-state index is -1.66. The fraction of sp³-hybridized carbons (Fsp3) is 0.533. The second kappa shape index (κ2) is 8.02. The SMILES string of the molecule is CC(C)(C)OC(=O)NCCC(O)C(O)c1cccc([N+](=O)[O-])c1F. The third-order valence-corrected chi connectivity index (χ3v) is 3.00. The zero-order chi connectivity index (χ0) is 18.5. The molecule has 0 radical (unpaired) electrons. The number of alkyl carbamates (subject to hydrolysis) is 1. The van der Waals surface area contributed by atoms with Crippen LogP contribution in [0.4, 0.5) is 14.9 Å². The lowest BCUT2D eigenvalue weighted by Crippen LogP contribution is -2.34. The van der Waals surface area contributed by atoms with Gasteiger partial charge in [0.1, 0.15) is 11.7 Å². The van der Waals surface area contributed by atoms with Gasteiger partial charge in [0, 0.05) is 18.2 Å². The number of hydrogen-bond acceptors (Lipinski definition) is 6. The summed E-state index contributed by atoms with van der Waals surface area (Å²) in [7, 11) is 0. The summed E-state index contributed by atoms with van der Waals surface area (Å²) in [5.74, 6) is -1.20. The Kier molecular flexibility index (Phi) is 6.61. The Labute approximate surface area is 138 Å². The molecule has 2 unspecified atom stereocenters. The summed E-state index contributed by atoms with van der Waals surface area (Å²) in [6.07, 6.45) is -3.87. The highest BCUT2D eigenvalue weighted by molar-refractivity contribution is 5.67. The molecule has 1 aromatic rings. The molecule has 0 aliphatic carbocycles. The summed E-state index contributed by atoms with van der Waals surface area (Å²) >= 11 is 0. The number of amides is 1. The van der Waals surface area contributed by atoms with Gasteiger partial charge in [-0.3, -0.25) is 10.1 Å². The van der Waals surface area contributed by atoms with Crippen molar-refractivity contribution in [1.82, 2.24) is 5.32 Å². The van der Waals surface area contributed by atoms with Gasteiger partial charge in [0.2, 0.25) is 5.82 Å². The zero-order valence-electron chi connectivity index (χ0n) is 13.7. The van der Waals surface area contributed by atoms with Crippen LogP contribution in [-0.2, 0) is 4.74 Å². The number of halogens is 1. The van der Waals surface area contributed by atoms with E-state index in [0.717, 1.165) is 12.1 Å². The van der Waals surface area contributed by atoms with Gasteiger partial charge in [0.25, 0.3) is 0 Å². The molecule has 24 heavy (non-hydrogen) atoms. The first-order chi connectivity index (χ1) is 11.0. The summed E-state index contributed by atoms with van der Waals surface area (Å²) < 4.78 is 19.0. The number of aliphatic hydroxyl groups excluding tert-OH is 2. The lowest BCUT2D eigenvalue weighted by Gasteiger charge is -2.21. The highest BCUT2D eigenvalue weighted by Crippen LogP contribution is 2.27. The summed E-state index contributed by atoms with van der Waals surface area (Å²) in [6.45, 7) is 5.05. The molecule has 0 aliphatic rings. The van der Waals surface area contributed by atoms with Crippen LogP contribution >= 0.6 is 0 Å². The molecule has 0 saturated carbocycles. The van der Waals surface area contributed by atoms with Crippen molar-refractivity contribution >= 4 is 11.8 Å². The highest BCUT2D eigenvalue weighted by atomic mass is 19.1. The van der Waals surface area contributed by atoms with Crippen LogP contribution in [0.1, 0.15) is 38.9 Å². The van der Waals surface area contributed by atoms with Crippen LogP contribution in [-0.4, -0.2) is 39.5 Å². The van der Waals surface area contributed by atoms with Gasteiger partial charge in [-0.25, -0.2) is 4.79 Å². The topological polar surface area (TPSA) is 122 Å². The Hall–Kier alpha value is -2.26. The van der Waals surface area contributed by atoms with Crippen LogP contribution in [0.25, 0.3) is 0 Å². The number of carbonyl (C=O) groups is 1.